The lowest BCUT2D eigenvalue weighted by Crippen LogP contribution is -2.25. The quantitative estimate of drug-likeness (QED) is 0.914. The van der Waals surface area contributed by atoms with Crippen molar-refractivity contribution < 1.29 is 18.7 Å². The number of nitrogens with two attached hydrogens (primary N) is 1. The monoisotopic (exact) mass is 290 g/mol. The normalized spacial score (nSPS) is 15.4. The smallest absolute Gasteiger partial charge is 0.409 e. The van der Waals surface area contributed by atoms with Gasteiger partial charge >= 0.3 is 6.09 Å². The number of hydrogen-bond donors (Lipinski definition) is 1. The first-order valence-corrected chi connectivity index (χ1v) is 7.06. The van der Waals surface area contributed by atoms with Crippen molar-refractivity contribution in [2.75, 3.05) is 26.2 Å². The fraction of sp³-hybridized carbons (Fsp3) is 0.400. The fourth-order valence-electron chi connectivity index (χ4n) is 2.60. The average Bonchev–Trinajstić information content (AvgIpc) is 3.08. The summed E-state index contributed by atoms with van der Waals surface area (Å²) in [6, 6.07) is 5.11. The Morgan fingerprint density at radius 2 is 2.14 bits per heavy atom. The third-order valence-corrected chi connectivity index (χ3v) is 3.57. The van der Waals surface area contributed by atoms with Crippen LogP contribution in [0.3, 0.4) is 0 Å². The van der Waals surface area contributed by atoms with E-state index in [1.54, 1.807) is 24.5 Å². The molecule has 21 heavy (non-hydrogen) atoms. The van der Waals surface area contributed by atoms with Crippen molar-refractivity contribution in [3.05, 3.63) is 24.5 Å². The first-order chi connectivity index (χ1) is 10.2. The first-order valence-electron chi connectivity index (χ1n) is 7.06. The van der Waals surface area contributed by atoms with Gasteiger partial charge in [-0.15, -0.1) is 0 Å². The van der Waals surface area contributed by atoms with E-state index in [4.69, 9.17) is 19.6 Å². The number of ether oxygens (including phenoxy) is 2. The van der Waals surface area contributed by atoms with Gasteiger partial charge in [0, 0.05) is 18.0 Å². The summed E-state index contributed by atoms with van der Waals surface area (Å²) in [7, 11) is 0. The van der Waals surface area contributed by atoms with Gasteiger partial charge in [-0.2, -0.15) is 0 Å². The summed E-state index contributed by atoms with van der Waals surface area (Å²) < 4.78 is 16.1. The molecule has 1 aliphatic rings. The van der Waals surface area contributed by atoms with E-state index in [1.165, 1.54) is 12.8 Å². The van der Waals surface area contributed by atoms with Gasteiger partial charge in [0.1, 0.15) is 12.4 Å². The van der Waals surface area contributed by atoms with Crippen LogP contribution in [-0.2, 0) is 0 Å². The predicted octanol–water partition coefficient (Wildman–Crippen LogP) is 2.36. The molecule has 0 aliphatic carbocycles. The summed E-state index contributed by atoms with van der Waals surface area (Å²) in [4.78, 5) is 13.2. The summed E-state index contributed by atoms with van der Waals surface area (Å²) in [6.07, 6.45) is 3.24. The molecule has 0 saturated carbocycles. The molecule has 6 heteroatoms. The summed E-state index contributed by atoms with van der Waals surface area (Å²) in [5, 5.41) is 0.810. The molecule has 6 nitrogen and oxygen atoms in total. The lowest BCUT2D eigenvalue weighted by molar-refractivity contribution is 0.210. The number of nitrogens with zero attached hydrogens (tertiary/aromatic N) is 1. The van der Waals surface area contributed by atoms with Crippen LogP contribution in [0.5, 0.6) is 11.5 Å². The standard InChI is InChI=1S/C15H18N2O4/c16-15(18)21-12-9-11-3-7-20-14(11)13(10-12)19-8-6-17-4-1-2-5-17/h3,7,9-10H,1-2,4-6,8H2,(H2,16,18). The second-order valence-electron chi connectivity index (χ2n) is 5.08. The minimum absolute atomic E-state index is 0.354. The summed E-state index contributed by atoms with van der Waals surface area (Å²) in [6.45, 7) is 3.70. The lowest BCUT2D eigenvalue weighted by Gasteiger charge is -2.15. The Hall–Kier alpha value is -2.21. The van der Waals surface area contributed by atoms with Gasteiger partial charge in [0.15, 0.2) is 11.3 Å². The summed E-state index contributed by atoms with van der Waals surface area (Å²) in [5.41, 5.74) is 5.69. The number of likely N-dealkylation sites (tertiary alicyclic amines) is 1. The molecule has 0 atom stereocenters. The van der Waals surface area contributed by atoms with E-state index in [0.29, 0.717) is 23.7 Å². The molecule has 2 heterocycles. The van der Waals surface area contributed by atoms with Gasteiger partial charge in [-0.25, -0.2) is 4.79 Å². The van der Waals surface area contributed by atoms with E-state index in [9.17, 15) is 4.79 Å². The number of fused-ring (bicyclic) bond motifs is 1. The van der Waals surface area contributed by atoms with Crippen LogP contribution in [0.2, 0.25) is 0 Å². The molecule has 1 saturated heterocycles. The van der Waals surface area contributed by atoms with Gasteiger partial charge in [-0.3, -0.25) is 4.90 Å². The third kappa shape index (κ3) is 3.28. The molecule has 1 aliphatic heterocycles. The van der Waals surface area contributed by atoms with Gasteiger partial charge in [0.25, 0.3) is 0 Å². The Kier molecular flexibility index (Phi) is 3.96. The highest BCUT2D eigenvalue weighted by atomic mass is 16.5. The van der Waals surface area contributed by atoms with E-state index in [-0.39, 0.29) is 0 Å². The molecular weight excluding hydrogens is 272 g/mol. The van der Waals surface area contributed by atoms with Gasteiger partial charge in [0.2, 0.25) is 0 Å². The predicted molar refractivity (Wildman–Crippen MR) is 77.6 cm³/mol. The number of furan rings is 1. The van der Waals surface area contributed by atoms with Crippen molar-refractivity contribution in [3.8, 4) is 11.5 Å². The first kappa shape index (κ1) is 13.8. The number of primary amides is 1. The molecule has 112 valence electrons. The highest BCUT2D eigenvalue weighted by Crippen LogP contribution is 2.32. The van der Waals surface area contributed by atoms with Gasteiger partial charge in [0.05, 0.1) is 6.26 Å². The number of rotatable bonds is 5. The van der Waals surface area contributed by atoms with E-state index >= 15 is 0 Å². The van der Waals surface area contributed by atoms with Crippen molar-refractivity contribution in [3.63, 3.8) is 0 Å². The van der Waals surface area contributed by atoms with Crippen molar-refractivity contribution in [2.24, 2.45) is 5.73 Å². The van der Waals surface area contributed by atoms with Gasteiger partial charge < -0.3 is 19.6 Å². The van der Waals surface area contributed by atoms with Crippen molar-refractivity contribution >= 4 is 17.1 Å². The maximum atomic E-state index is 10.9. The van der Waals surface area contributed by atoms with Crippen molar-refractivity contribution in [1.29, 1.82) is 0 Å². The van der Waals surface area contributed by atoms with E-state index in [2.05, 4.69) is 4.90 Å². The summed E-state index contributed by atoms with van der Waals surface area (Å²) in [5.74, 6) is 0.917. The molecule has 2 aromatic rings. The minimum Gasteiger partial charge on any atom is -0.488 e. The average molecular weight is 290 g/mol. The molecule has 3 rings (SSSR count). The maximum absolute atomic E-state index is 10.9. The molecule has 0 spiro atoms. The minimum atomic E-state index is -0.846. The van der Waals surface area contributed by atoms with E-state index in [1.807, 2.05) is 0 Å². The van der Waals surface area contributed by atoms with Crippen LogP contribution in [0.15, 0.2) is 28.9 Å². The Morgan fingerprint density at radius 3 is 2.90 bits per heavy atom. The number of carbonyl (C=O) groups excluding carboxylic acids is 1. The Bertz CT molecular complexity index is 632. The van der Waals surface area contributed by atoms with Gasteiger partial charge in [-0.05, 0) is 38.1 Å². The molecule has 1 aromatic carbocycles. The SMILES string of the molecule is NC(=O)Oc1cc(OCCN2CCCC2)c2occc2c1. The lowest BCUT2D eigenvalue weighted by atomic mass is 10.2. The van der Waals surface area contributed by atoms with Crippen molar-refractivity contribution in [2.45, 2.75) is 12.8 Å². The van der Waals surface area contributed by atoms with E-state index < -0.39 is 6.09 Å². The second-order valence-corrected chi connectivity index (χ2v) is 5.08. The number of benzene rings is 1. The van der Waals surface area contributed by atoms with Crippen LogP contribution < -0.4 is 15.2 Å². The topological polar surface area (TPSA) is 77.9 Å². The van der Waals surface area contributed by atoms with Crippen LogP contribution in [0.4, 0.5) is 4.79 Å². The summed E-state index contributed by atoms with van der Waals surface area (Å²) >= 11 is 0. The van der Waals surface area contributed by atoms with Crippen LogP contribution >= 0.6 is 0 Å². The maximum Gasteiger partial charge on any atom is 0.409 e. The number of carbonyl (C=O) groups is 1. The highest BCUT2D eigenvalue weighted by Gasteiger charge is 2.13. The molecule has 0 radical (unpaired) electrons. The Morgan fingerprint density at radius 1 is 1.33 bits per heavy atom. The van der Waals surface area contributed by atoms with E-state index in [0.717, 1.165) is 25.0 Å². The molecule has 2 N–H and O–H groups in total. The van der Waals surface area contributed by atoms with Crippen LogP contribution in [0.25, 0.3) is 11.0 Å². The zero-order chi connectivity index (χ0) is 14.7. The Balaban J connectivity index is 1.72. The number of amides is 1. The molecule has 0 bridgehead atoms. The molecule has 1 amide bonds. The third-order valence-electron chi connectivity index (χ3n) is 3.57. The molecule has 1 aromatic heterocycles. The second kappa shape index (κ2) is 6.05. The number of hydrogen-bond acceptors (Lipinski definition) is 5. The molecule has 0 unspecified atom stereocenters. The molecular formula is C15H18N2O4. The van der Waals surface area contributed by atoms with Gasteiger partial charge in [-0.1, -0.05) is 0 Å². The largest absolute Gasteiger partial charge is 0.488 e. The zero-order valence-corrected chi connectivity index (χ0v) is 11.7. The fourth-order valence-corrected chi connectivity index (χ4v) is 2.60. The van der Waals surface area contributed by atoms with Crippen LogP contribution in [0, 0.1) is 0 Å². The molecule has 1 fully saturated rings. The van der Waals surface area contributed by atoms with Crippen LogP contribution in [0.1, 0.15) is 12.8 Å². The zero-order valence-electron chi connectivity index (χ0n) is 11.7. The highest BCUT2D eigenvalue weighted by molar-refractivity contribution is 5.85. The van der Waals surface area contributed by atoms with Crippen molar-refractivity contribution in [1.82, 2.24) is 4.90 Å². The Labute approximate surface area is 122 Å². The van der Waals surface area contributed by atoms with Crippen LogP contribution in [-0.4, -0.2) is 37.2 Å².